The second-order valence-electron chi connectivity index (χ2n) is 4.19. The second-order valence-corrected chi connectivity index (χ2v) is 4.19. The van der Waals surface area contributed by atoms with Crippen molar-refractivity contribution in [3.05, 3.63) is 47.5 Å². The van der Waals surface area contributed by atoms with E-state index in [1.807, 2.05) is 6.92 Å². The van der Waals surface area contributed by atoms with Crippen LogP contribution in [-0.2, 0) is 6.54 Å². The maximum atomic E-state index is 13.5. The van der Waals surface area contributed by atoms with Crippen LogP contribution in [0.25, 0.3) is 11.3 Å². The Labute approximate surface area is 109 Å². The molecule has 2 rings (SSSR count). The molecule has 0 saturated carbocycles. The van der Waals surface area contributed by atoms with E-state index in [1.54, 1.807) is 12.1 Å². The summed E-state index contributed by atoms with van der Waals surface area (Å²) in [5, 5.41) is 3.13. The first kappa shape index (κ1) is 13.7. The fraction of sp³-hybridized carbons (Fsp3) is 0.286. The number of rotatable bonds is 5. The van der Waals surface area contributed by atoms with Gasteiger partial charge in [-0.25, -0.2) is 13.2 Å². The lowest BCUT2D eigenvalue weighted by Crippen LogP contribution is -2.12. The van der Waals surface area contributed by atoms with Crippen molar-refractivity contribution >= 4 is 0 Å². The van der Waals surface area contributed by atoms with Crippen LogP contribution in [0.4, 0.5) is 13.2 Å². The van der Waals surface area contributed by atoms with Crippen LogP contribution in [0.15, 0.2) is 28.7 Å². The molecule has 0 unspecified atom stereocenters. The number of furan rings is 1. The molecular formula is C14H14F3NO. The molecule has 0 atom stereocenters. The summed E-state index contributed by atoms with van der Waals surface area (Å²) in [5.41, 5.74) is -0.0827. The van der Waals surface area contributed by atoms with Gasteiger partial charge in [0.05, 0.1) is 12.1 Å². The minimum Gasteiger partial charge on any atom is -0.460 e. The Bertz CT molecular complexity index is 566. The summed E-state index contributed by atoms with van der Waals surface area (Å²) in [6.45, 7) is 3.39. The lowest BCUT2D eigenvalue weighted by atomic mass is 10.1. The molecule has 19 heavy (non-hydrogen) atoms. The average Bonchev–Trinajstić information content (AvgIpc) is 2.83. The van der Waals surface area contributed by atoms with Gasteiger partial charge in [0.15, 0.2) is 11.6 Å². The SMILES string of the molecule is CCCNCc1ccc(-c2cc(F)c(F)cc2F)o1. The van der Waals surface area contributed by atoms with Crippen molar-refractivity contribution in [3.63, 3.8) is 0 Å². The molecule has 0 saturated heterocycles. The molecule has 0 bridgehead atoms. The lowest BCUT2D eigenvalue weighted by Gasteiger charge is -2.02. The fourth-order valence-corrected chi connectivity index (χ4v) is 1.72. The molecule has 2 nitrogen and oxygen atoms in total. The van der Waals surface area contributed by atoms with Crippen molar-refractivity contribution in [1.82, 2.24) is 5.32 Å². The van der Waals surface area contributed by atoms with Gasteiger partial charge in [0.2, 0.25) is 0 Å². The van der Waals surface area contributed by atoms with Crippen LogP contribution < -0.4 is 5.32 Å². The summed E-state index contributed by atoms with van der Waals surface area (Å²) in [4.78, 5) is 0. The largest absolute Gasteiger partial charge is 0.460 e. The fourth-order valence-electron chi connectivity index (χ4n) is 1.72. The van der Waals surface area contributed by atoms with E-state index in [-0.39, 0.29) is 11.3 Å². The normalized spacial score (nSPS) is 10.9. The number of halogens is 3. The molecule has 0 aliphatic carbocycles. The zero-order chi connectivity index (χ0) is 13.8. The first-order valence-corrected chi connectivity index (χ1v) is 6.06. The summed E-state index contributed by atoms with van der Waals surface area (Å²) in [7, 11) is 0. The summed E-state index contributed by atoms with van der Waals surface area (Å²) in [5.74, 6) is -2.35. The molecule has 1 N–H and O–H groups in total. The van der Waals surface area contributed by atoms with Crippen molar-refractivity contribution in [2.24, 2.45) is 0 Å². The van der Waals surface area contributed by atoms with Gasteiger partial charge in [-0.3, -0.25) is 0 Å². The number of benzene rings is 1. The summed E-state index contributed by atoms with van der Waals surface area (Å²) in [6, 6.07) is 4.53. The second kappa shape index (κ2) is 5.93. The van der Waals surface area contributed by atoms with Gasteiger partial charge in [0.1, 0.15) is 17.3 Å². The van der Waals surface area contributed by atoms with Crippen LogP contribution in [0.2, 0.25) is 0 Å². The van der Waals surface area contributed by atoms with Gasteiger partial charge in [-0.2, -0.15) is 0 Å². The molecule has 0 spiro atoms. The van der Waals surface area contributed by atoms with Crippen molar-refractivity contribution in [1.29, 1.82) is 0 Å². The van der Waals surface area contributed by atoms with Crippen LogP contribution in [0.5, 0.6) is 0 Å². The lowest BCUT2D eigenvalue weighted by molar-refractivity contribution is 0.480. The van der Waals surface area contributed by atoms with Crippen LogP contribution >= 0.6 is 0 Å². The van der Waals surface area contributed by atoms with E-state index in [9.17, 15) is 13.2 Å². The average molecular weight is 269 g/mol. The van der Waals surface area contributed by atoms with Gasteiger partial charge in [-0.15, -0.1) is 0 Å². The summed E-state index contributed by atoms with van der Waals surface area (Å²) < 4.78 is 44.9. The monoisotopic (exact) mass is 269 g/mol. The maximum Gasteiger partial charge on any atom is 0.161 e. The molecule has 0 aliphatic rings. The maximum absolute atomic E-state index is 13.5. The topological polar surface area (TPSA) is 25.2 Å². The van der Waals surface area contributed by atoms with Gasteiger partial charge in [0.25, 0.3) is 0 Å². The van der Waals surface area contributed by atoms with Gasteiger partial charge in [0, 0.05) is 6.07 Å². The Morgan fingerprint density at radius 3 is 2.53 bits per heavy atom. The van der Waals surface area contributed by atoms with Gasteiger partial charge in [-0.1, -0.05) is 6.92 Å². The minimum atomic E-state index is -1.21. The Kier molecular flexibility index (Phi) is 4.27. The van der Waals surface area contributed by atoms with Crippen LogP contribution in [-0.4, -0.2) is 6.54 Å². The zero-order valence-corrected chi connectivity index (χ0v) is 10.5. The van der Waals surface area contributed by atoms with Crippen LogP contribution in [0, 0.1) is 17.5 Å². The number of nitrogens with one attached hydrogen (secondary N) is 1. The Morgan fingerprint density at radius 2 is 1.79 bits per heavy atom. The molecule has 0 radical (unpaired) electrons. The van der Waals surface area contributed by atoms with E-state index in [0.29, 0.717) is 18.4 Å². The molecule has 1 heterocycles. The molecule has 0 aliphatic heterocycles. The third-order valence-electron chi connectivity index (χ3n) is 2.66. The van der Waals surface area contributed by atoms with Crippen molar-refractivity contribution in [2.45, 2.75) is 19.9 Å². The van der Waals surface area contributed by atoms with E-state index >= 15 is 0 Å². The van der Waals surface area contributed by atoms with E-state index in [0.717, 1.165) is 19.0 Å². The van der Waals surface area contributed by atoms with Gasteiger partial charge in [-0.05, 0) is 31.2 Å². The van der Waals surface area contributed by atoms with Crippen molar-refractivity contribution in [3.8, 4) is 11.3 Å². The first-order valence-electron chi connectivity index (χ1n) is 6.06. The standard InChI is InChI=1S/C14H14F3NO/c1-2-5-18-8-9-3-4-14(19-9)10-6-12(16)13(17)7-11(10)15/h3-4,6-7,18H,2,5,8H2,1H3. The Hall–Kier alpha value is -1.75. The highest BCUT2D eigenvalue weighted by molar-refractivity contribution is 5.58. The smallest absolute Gasteiger partial charge is 0.161 e. The van der Waals surface area contributed by atoms with Crippen LogP contribution in [0.3, 0.4) is 0 Å². The highest BCUT2D eigenvalue weighted by Gasteiger charge is 2.14. The highest BCUT2D eigenvalue weighted by Crippen LogP contribution is 2.27. The summed E-state index contributed by atoms with van der Waals surface area (Å²) in [6.07, 6.45) is 0.991. The van der Waals surface area contributed by atoms with Crippen LogP contribution in [0.1, 0.15) is 19.1 Å². The van der Waals surface area contributed by atoms with E-state index in [2.05, 4.69) is 5.32 Å². The van der Waals surface area contributed by atoms with Crippen molar-refractivity contribution < 1.29 is 17.6 Å². The zero-order valence-electron chi connectivity index (χ0n) is 10.5. The third-order valence-corrected chi connectivity index (χ3v) is 2.66. The number of hydrogen-bond donors (Lipinski definition) is 1. The predicted octanol–water partition coefficient (Wildman–Crippen LogP) is 3.86. The molecule has 1 aromatic heterocycles. The quantitative estimate of drug-likeness (QED) is 0.658. The van der Waals surface area contributed by atoms with E-state index in [1.165, 1.54) is 0 Å². The molecule has 0 fully saturated rings. The highest BCUT2D eigenvalue weighted by atomic mass is 19.2. The van der Waals surface area contributed by atoms with Crippen molar-refractivity contribution in [2.75, 3.05) is 6.54 Å². The molecule has 102 valence electrons. The molecule has 1 aromatic carbocycles. The Morgan fingerprint density at radius 1 is 1.05 bits per heavy atom. The van der Waals surface area contributed by atoms with E-state index < -0.39 is 17.5 Å². The third kappa shape index (κ3) is 3.17. The molecular weight excluding hydrogens is 255 g/mol. The van der Waals surface area contributed by atoms with Gasteiger partial charge < -0.3 is 9.73 Å². The minimum absolute atomic E-state index is 0.0827. The number of hydrogen-bond acceptors (Lipinski definition) is 2. The molecule has 2 aromatic rings. The predicted molar refractivity (Wildman–Crippen MR) is 66.0 cm³/mol. The summed E-state index contributed by atoms with van der Waals surface area (Å²) >= 11 is 0. The van der Waals surface area contributed by atoms with Gasteiger partial charge >= 0.3 is 0 Å². The first-order chi connectivity index (χ1) is 9.11. The van der Waals surface area contributed by atoms with E-state index in [4.69, 9.17) is 4.42 Å². The molecule has 0 amide bonds. The Balaban J connectivity index is 2.20. The molecule has 5 heteroatoms.